The first-order chi connectivity index (χ1) is 20.0. The second kappa shape index (κ2) is 12.7. The van der Waals surface area contributed by atoms with Crippen molar-refractivity contribution in [3.8, 4) is 5.75 Å². The van der Waals surface area contributed by atoms with Crippen LogP contribution in [0.2, 0.25) is 0 Å². The molecule has 4 rings (SSSR count). The third kappa shape index (κ3) is 6.86. The molecule has 6 N–H and O–H groups in total. The summed E-state index contributed by atoms with van der Waals surface area (Å²) < 4.78 is 31.3. The highest BCUT2D eigenvalue weighted by molar-refractivity contribution is 7.92. The van der Waals surface area contributed by atoms with Gasteiger partial charge in [0, 0.05) is 11.3 Å². The average Bonchev–Trinajstić information content (AvgIpc) is 2.99. The Labute approximate surface area is 242 Å². The number of benzene rings is 4. The molecule has 0 fully saturated rings. The van der Waals surface area contributed by atoms with Gasteiger partial charge in [-0.05, 0) is 66.2 Å². The second-order valence-corrected chi connectivity index (χ2v) is 11.4. The van der Waals surface area contributed by atoms with Gasteiger partial charge in [-0.15, -0.1) is 0 Å². The minimum atomic E-state index is -4.25. The van der Waals surface area contributed by atoms with E-state index < -0.39 is 39.0 Å². The Kier molecular flexibility index (Phi) is 9.11. The third-order valence-electron chi connectivity index (χ3n) is 6.25. The molecule has 4 aromatic rings. The van der Waals surface area contributed by atoms with Crippen LogP contribution in [0.1, 0.15) is 12.5 Å². The highest BCUT2D eigenvalue weighted by Crippen LogP contribution is 2.22. The highest BCUT2D eigenvalue weighted by atomic mass is 32.2. The van der Waals surface area contributed by atoms with Gasteiger partial charge in [-0.2, -0.15) is 4.99 Å². The highest BCUT2D eigenvalue weighted by Gasteiger charge is 2.31. The number of esters is 1. The zero-order chi connectivity index (χ0) is 30.4. The molecular weight excluding hydrogens is 558 g/mol. The van der Waals surface area contributed by atoms with Gasteiger partial charge in [0.25, 0.3) is 5.91 Å². The Bertz CT molecular complexity index is 1760. The van der Waals surface area contributed by atoms with E-state index in [1.807, 2.05) is 12.1 Å². The van der Waals surface area contributed by atoms with E-state index in [-0.39, 0.29) is 28.6 Å². The number of carbonyl (C=O) groups excluding carboxylic acids is 3. The van der Waals surface area contributed by atoms with Crippen LogP contribution in [-0.4, -0.2) is 50.0 Å². The van der Waals surface area contributed by atoms with Crippen molar-refractivity contribution in [2.24, 2.45) is 22.2 Å². The minimum absolute atomic E-state index is 0.115. The van der Waals surface area contributed by atoms with Crippen molar-refractivity contribution in [2.45, 2.75) is 23.2 Å². The molecule has 12 heteroatoms. The molecule has 0 bridgehead atoms. The number of para-hydroxylation sites is 1. The maximum Gasteiger partial charge on any atom is 0.331 e. The van der Waals surface area contributed by atoms with E-state index in [9.17, 15) is 22.8 Å². The molecule has 0 spiro atoms. The quantitative estimate of drug-likeness (QED) is 0.114. The second-order valence-electron chi connectivity index (χ2n) is 9.36. The van der Waals surface area contributed by atoms with Crippen molar-refractivity contribution in [2.75, 3.05) is 11.4 Å². The van der Waals surface area contributed by atoms with Gasteiger partial charge in [-0.1, -0.05) is 48.5 Å². The van der Waals surface area contributed by atoms with Gasteiger partial charge in [-0.25, -0.2) is 13.2 Å². The largest absolute Gasteiger partial charge is 0.425 e. The normalized spacial score (nSPS) is 13.3. The van der Waals surface area contributed by atoms with Crippen LogP contribution in [0.3, 0.4) is 0 Å². The van der Waals surface area contributed by atoms with E-state index in [1.165, 1.54) is 48.2 Å². The molecule has 0 saturated heterocycles. The lowest BCUT2D eigenvalue weighted by molar-refractivity contribution is -0.134. The summed E-state index contributed by atoms with van der Waals surface area (Å²) in [5, 5.41) is -0.459. The molecule has 0 heterocycles. The molecule has 0 aliphatic carbocycles. The van der Waals surface area contributed by atoms with Crippen molar-refractivity contribution in [1.82, 2.24) is 0 Å². The molecule has 0 saturated carbocycles. The summed E-state index contributed by atoms with van der Waals surface area (Å²) in [6, 6.07) is 25.0. The first-order valence-corrected chi connectivity index (χ1v) is 14.3. The molecule has 11 nitrogen and oxygen atoms in total. The Morgan fingerprint density at radius 3 is 2.12 bits per heavy atom. The molecule has 216 valence electrons. The average molecular weight is 588 g/mol. The van der Waals surface area contributed by atoms with Crippen LogP contribution in [0.4, 0.5) is 5.69 Å². The smallest absolute Gasteiger partial charge is 0.331 e. The number of aliphatic imine (C=N–C) groups is 1. The molecule has 1 unspecified atom stereocenters. The third-order valence-corrected chi connectivity index (χ3v) is 8.03. The number of fused-ring (bicyclic) bond motifs is 1. The first-order valence-electron chi connectivity index (χ1n) is 12.8. The number of rotatable bonds is 9. The number of sulfone groups is 1. The maximum absolute atomic E-state index is 13.0. The minimum Gasteiger partial charge on any atom is -0.425 e. The molecule has 0 aliphatic rings. The Balaban J connectivity index is 1.43. The number of nitrogens with two attached hydrogens (primary N) is 3. The van der Waals surface area contributed by atoms with Crippen molar-refractivity contribution < 1.29 is 27.5 Å². The summed E-state index contributed by atoms with van der Waals surface area (Å²) in [5.41, 5.74) is 18.2. The zero-order valence-electron chi connectivity index (χ0n) is 22.6. The van der Waals surface area contributed by atoms with Gasteiger partial charge in [0.05, 0.1) is 10.9 Å². The molecular formula is C30H29N5O6S. The summed E-state index contributed by atoms with van der Waals surface area (Å²) in [5.74, 6) is -2.46. The van der Waals surface area contributed by atoms with Crippen LogP contribution in [0, 0.1) is 0 Å². The SMILES string of the molecule is C[C@H](N)C(=O)N(CC(=O)Oc1ccc(C(N)=NC(=O)C(N)S(=O)(=O)c2ccc3ccccc3c2)cc1)c1ccccc1. The molecule has 0 aliphatic heterocycles. The lowest BCUT2D eigenvalue weighted by Crippen LogP contribution is -2.45. The standard InChI is InChI=1S/C30H29N5O6S/c1-19(31)30(38)35(23-9-3-2-4-10-23)18-26(36)41-24-14-11-21(12-15-24)27(32)34-29(37)28(33)42(39,40)25-16-13-20-7-5-6-8-22(20)17-25/h2-17,19,28H,18,31,33H2,1H3,(H2,32,34,37)/t19-,28?/m0/s1. The van der Waals surface area contributed by atoms with E-state index in [0.29, 0.717) is 11.1 Å². The van der Waals surface area contributed by atoms with Crippen molar-refractivity contribution >= 4 is 49.9 Å². The van der Waals surface area contributed by atoms with Gasteiger partial charge in [0.1, 0.15) is 18.1 Å². The Hall–Kier alpha value is -4.91. The number of ether oxygens (including phenoxy) is 1. The van der Waals surface area contributed by atoms with E-state index in [0.717, 1.165) is 5.39 Å². The fourth-order valence-corrected chi connectivity index (χ4v) is 5.17. The topological polar surface area (TPSA) is 188 Å². The van der Waals surface area contributed by atoms with E-state index >= 15 is 0 Å². The molecule has 0 aromatic heterocycles. The number of hydrogen-bond acceptors (Lipinski definition) is 8. The molecule has 0 radical (unpaired) electrons. The number of carbonyl (C=O) groups is 3. The summed E-state index contributed by atoms with van der Waals surface area (Å²) >= 11 is 0. The summed E-state index contributed by atoms with van der Waals surface area (Å²) in [6.45, 7) is 1.14. The first kappa shape index (κ1) is 30.1. The Morgan fingerprint density at radius 1 is 0.857 bits per heavy atom. The van der Waals surface area contributed by atoms with Gasteiger partial charge < -0.3 is 21.9 Å². The molecule has 2 atom stereocenters. The maximum atomic E-state index is 13.0. The molecule has 42 heavy (non-hydrogen) atoms. The number of hydrogen-bond donors (Lipinski definition) is 3. The van der Waals surface area contributed by atoms with E-state index in [2.05, 4.69) is 4.99 Å². The van der Waals surface area contributed by atoms with Crippen LogP contribution in [-0.2, 0) is 24.2 Å². The number of amides is 2. The van der Waals surface area contributed by atoms with Gasteiger partial charge in [-0.3, -0.25) is 14.5 Å². The lowest BCUT2D eigenvalue weighted by atomic mass is 10.1. The monoisotopic (exact) mass is 587 g/mol. The van der Waals surface area contributed by atoms with Crippen molar-refractivity contribution in [3.63, 3.8) is 0 Å². The summed E-state index contributed by atoms with van der Waals surface area (Å²) in [4.78, 5) is 42.7. The van der Waals surface area contributed by atoms with Gasteiger partial charge in [0.15, 0.2) is 5.37 Å². The van der Waals surface area contributed by atoms with Crippen LogP contribution >= 0.6 is 0 Å². The molecule has 4 aromatic carbocycles. The van der Waals surface area contributed by atoms with Gasteiger partial charge in [0.2, 0.25) is 15.7 Å². The number of anilines is 1. The predicted molar refractivity (Wildman–Crippen MR) is 159 cm³/mol. The number of nitrogens with zero attached hydrogens (tertiary/aromatic N) is 2. The Morgan fingerprint density at radius 2 is 1.48 bits per heavy atom. The fourth-order valence-electron chi connectivity index (χ4n) is 4.01. The van der Waals surface area contributed by atoms with E-state index in [4.69, 9.17) is 21.9 Å². The van der Waals surface area contributed by atoms with Gasteiger partial charge >= 0.3 is 5.97 Å². The number of amidine groups is 1. The summed E-state index contributed by atoms with van der Waals surface area (Å²) in [7, 11) is -4.25. The van der Waals surface area contributed by atoms with Crippen LogP contribution in [0.25, 0.3) is 10.8 Å². The lowest BCUT2D eigenvalue weighted by Gasteiger charge is -2.23. The van der Waals surface area contributed by atoms with E-state index in [1.54, 1.807) is 48.5 Å². The predicted octanol–water partition coefficient (Wildman–Crippen LogP) is 2.12. The fraction of sp³-hybridized carbons (Fsp3) is 0.133. The van der Waals surface area contributed by atoms with Crippen LogP contribution in [0.5, 0.6) is 5.75 Å². The van der Waals surface area contributed by atoms with Crippen LogP contribution in [0.15, 0.2) is 107 Å². The van der Waals surface area contributed by atoms with Crippen molar-refractivity contribution in [3.05, 3.63) is 103 Å². The van der Waals surface area contributed by atoms with Crippen molar-refractivity contribution in [1.29, 1.82) is 0 Å². The van der Waals surface area contributed by atoms with Crippen LogP contribution < -0.4 is 26.8 Å². The zero-order valence-corrected chi connectivity index (χ0v) is 23.4. The molecule has 2 amide bonds. The summed E-state index contributed by atoms with van der Waals surface area (Å²) in [6.07, 6.45) is 0.